The number of aryl methyl sites for hydroxylation is 1. The molecule has 0 spiro atoms. The van der Waals surface area contributed by atoms with Gasteiger partial charge in [-0.15, -0.1) is 0 Å². The molecule has 0 unspecified atom stereocenters. The molecule has 0 bridgehead atoms. The smallest absolute Gasteiger partial charge is 0.498 e. The van der Waals surface area contributed by atoms with Crippen molar-refractivity contribution in [1.29, 1.82) is 0 Å². The Balaban J connectivity index is 0.00000288. The Morgan fingerprint density at radius 3 is 2.42 bits per heavy atom. The van der Waals surface area contributed by atoms with Gasteiger partial charge >= 0.3 is 5.69 Å². The molecule has 0 aliphatic heterocycles. The van der Waals surface area contributed by atoms with Crippen LogP contribution in [0.2, 0.25) is 0 Å². The van der Waals surface area contributed by atoms with Gasteiger partial charge in [-0.25, -0.2) is 0 Å². The Morgan fingerprint density at radius 1 is 1.17 bits per heavy atom. The minimum absolute atomic E-state index is 0. The maximum Gasteiger partial charge on any atom is 0.498 e. The molecule has 0 aliphatic rings. The van der Waals surface area contributed by atoms with Crippen LogP contribution in [-0.2, 0) is 14.1 Å². The lowest BCUT2D eigenvalue weighted by Gasteiger charge is -2.11. The molecule has 0 fully saturated rings. The van der Waals surface area contributed by atoms with Crippen LogP contribution in [0.4, 0.5) is 0 Å². The predicted octanol–water partition coefficient (Wildman–Crippen LogP) is -1.58. The first-order valence-corrected chi connectivity index (χ1v) is 7.08. The van der Waals surface area contributed by atoms with Crippen molar-refractivity contribution >= 4 is 12.2 Å². The highest BCUT2D eigenvalue weighted by Gasteiger charge is 2.13. The van der Waals surface area contributed by atoms with Crippen molar-refractivity contribution < 1.29 is 31.6 Å². The summed E-state index contributed by atoms with van der Waals surface area (Å²) in [5.74, 6) is 1.04. The van der Waals surface area contributed by atoms with E-state index in [0.29, 0.717) is 17.1 Å². The summed E-state index contributed by atoms with van der Waals surface area (Å²) in [7, 11) is 6.49. The number of ether oxygens (including phenoxy) is 2. The third kappa shape index (κ3) is 3.71. The average Bonchev–Trinajstić information content (AvgIpc) is 2.54. The standard InChI is InChI=1S/C17H20N2O4.ClH/c1-11-8-13(19(3)17(21)18(11)2)7-6-12-9-14(20)10-15(22-4)16(12)23-5;/h6-10H,1-5H3;1H/b7-6+;. The van der Waals surface area contributed by atoms with E-state index in [2.05, 4.69) is 0 Å². The largest absolute Gasteiger partial charge is 1.00 e. The Labute approximate surface area is 147 Å². The van der Waals surface area contributed by atoms with E-state index in [-0.39, 0.29) is 23.8 Å². The number of aromatic nitrogens is 2. The second-order valence-corrected chi connectivity index (χ2v) is 5.22. The summed E-state index contributed by atoms with van der Waals surface area (Å²) < 4.78 is 13.7. The van der Waals surface area contributed by atoms with Crippen LogP contribution < -0.4 is 32.1 Å². The highest BCUT2D eigenvalue weighted by molar-refractivity contribution is 5.74. The second kappa shape index (κ2) is 7.88. The molecule has 1 aromatic heterocycles. The number of methoxy groups -OCH3 is 2. The Morgan fingerprint density at radius 2 is 1.83 bits per heavy atom. The van der Waals surface area contributed by atoms with Gasteiger partial charge in [-0.2, -0.15) is 13.9 Å². The first-order chi connectivity index (χ1) is 10.9. The molecule has 0 amide bonds. The number of rotatable bonds is 4. The van der Waals surface area contributed by atoms with E-state index in [9.17, 15) is 9.90 Å². The Hall–Kier alpha value is -2.47. The number of phenolic OH excluding ortho intramolecular Hbond substituents is 1. The fourth-order valence-corrected chi connectivity index (χ4v) is 2.33. The zero-order valence-corrected chi connectivity index (χ0v) is 15.1. The number of benzene rings is 1. The van der Waals surface area contributed by atoms with E-state index >= 15 is 0 Å². The molecule has 1 heterocycles. The van der Waals surface area contributed by atoms with Gasteiger partial charge in [0.05, 0.1) is 28.3 Å². The SMILES string of the molecule is COc1cc(O)cc(/C=C/c2cc(C)[n+](C)c(=O)n2C)c1OC.[Cl-]. The summed E-state index contributed by atoms with van der Waals surface area (Å²) in [5, 5.41) is 9.79. The van der Waals surface area contributed by atoms with E-state index in [1.165, 1.54) is 20.3 Å². The van der Waals surface area contributed by atoms with Gasteiger partial charge in [-0.05, 0) is 25.1 Å². The molecular formula is C17H21ClN2O4. The van der Waals surface area contributed by atoms with Crippen molar-refractivity contribution in [2.45, 2.75) is 6.92 Å². The number of halogens is 1. The molecule has 0 radical (unpaired) electrons. The zero-order valence-electron chi connectivity index (χ0n) is 14.3. The van der Waals surface area contributed by atoms with Gasteiger partial charge < -0.3 is 27.0 Å². The number of nitrogens with zero attached hydrogens (tertiary/aromatic N) is 2. The maximum atomic E-state index is 12.1. The van der Waals surface area contributed by atoms with Crippen molar-refractivity contribution in [2.75, 3.05) is 14.2 Å². The fourth-order valence-electron chi connectivity index (χ4n) is 2.33. The van der Waals surface area contributed by atoms with Gasteiger partial charge in [-0.3, -0.25) is 0 Å². The average molecular weight is 353 g/mol. The maximum absolute atomic E-state index is 12.1. The summed E-state index contributed by atoms with van der Waals surface area (Å²) in [6, 6.07) is 4.97. The van der Waals surface area contributed by atoms with Crippen molar-refractivity contribution in [2.24, 2.45) is 14.1 Å². The van der Waals surface area contributed by atoms with Crippen LogP contribution in [0.15, 0.2) is 23.0 Å². The van der Waals surface area contributed by atoms with Crippen molar-refractivity contribution in [1.82, 2.24) is 4.57 Å². The lowest BCUT2D eigenvalue weighted by Crippen LogP contribution is -3.00. The van der Waals surface area contributed by atoms with E-state index in [1.54, 1.807) is 41.4 Å². The highest BCUT2D eigenvalue weighted by atomic mass is 35.5. The van der Waals surface area contributed by atoms with E-state index < -0.39 is 0 Å². The molecule has 130 valence electrons. The molecule has 2 rings (SSSR count). The van der Waals surface area contributed by atoms with Crippen LogP contribution in [0, 0.1) is 6.92 Å². The lowest BCUT2D eigenvalue weighted by atomic mass is 10.1. The second-order valence-electron chi connectivity index (χ2n) is 5.22. The summed E-state index contributed by atoms with van der Waals surface area (Å²) in [4.78, 5) is 12.1. The summed E-state index contributed by atoms with van der Waals surface area (Å²) in [5.41, 5.74) is 2.15. The van der Waals surface area contributed by atoms with E-state index in [1.807, 2.05) is 13.0 Å². The normalized spacial score (nSPS) is 10.5. The molecule has 1 aromatic carbocycles. The van der Waals surface area contributed by atoms with Crippen LogP contribution in [0.25, 0.3) is 12.2 Å². The molecule has 0 saturated carbocycles. The molecule has 0 atom stereocenters. The van der Waals surface area contributed by atoms with E-state index in [0.717, 1.165) is 11.4 Å². The molecule has 2 aromatic rings. The first-order valence-electron chi connectivity index (χ1n) is 7.08. The van der Waals surface area contributed by atoms with Crippen LogP contribution in [-0.4, -0.2) is 23.9 Å². The van der Waals surface area contributed by atoms with Crippen molar-refractivity contribution in [3.63, 3.8) is 0 Å². The molecule has 0 saturated heterocycles. The van der Waals surface area contributed by atoms with E-state index in [4.69, 9.17) is 9.47 Å². The first kappa shape index (κ1) is 19.6. The number of phenols is 1. The summed E-state index contributed by atoms with van der Waals surface area (Å²) in [6.07, 6.45) is 3.57. The monoisotopic (exact) mass is 352 g/mol. The number of hydrogen-bond acceptors (Lipinski definition) is 4. The fraction of sp³-hybridized carbons (Fsp3) is 0.294. The highest BCUT2D eigenvalue weighted by Crippen LogP contribution is 2.36. The molecule has 6 nitrogen and oxygen atoms in total. The van der Waals surface area contributed by atoms with Crippen LogP contribution in [0.3, 0.4) is 0 Å². The van der Waals surface area contributed by atoms with Gasteiger partial charge in [0.1, 0.15) is 17.1 Å². The quantitative estimate of drug-likeness (QED) is 0.674. The number of aromatic hydroxyl groups is 1. The molecule has 7 heteroatoms. The predicted molar refractivity (Wildman–Crippen MR) is 87.7 cm³/mol. The van der Waals surface area contributed by atoms with Crippen molar-refractivity contribution in [3.05, 3.63) is 45.6 Å². The van der Waals surface area contributed by atoms with Gasteiger partial charge in [0.25, 0.3) is 0 Å². The lowest BCUT2D eigenvalue weighted by molar-refractivity contribution is -0.696. The van der Waals surface area contributed by atoms with Gasteiger partial charge in [0, 0.05) is 17.7 Å². The summed E-state index contributed by atoms with van der Waals surface area (Å²) in [6.45, 7) is 1.87. The molecule has 1 N–H and O–H groups in total. The molecular weight excluding hydrogens is 332 g/mol. The van der Waals surface area contributed by atoms with Crippen LogP contribution in [0.5, 0.6) is 17.2 Å². The topological polar surface area (TPSA) is 64.6 Å². The zero-order chi connectivity index (χ0) is 17.1. The van der Waals surface area contributed by atoms with Gasteiger partial charge in [0.2, 0.25) is 0 Å². The minimum atomic E-state index is -0.106. The summed E-state index contributed by atoms with van der Waals surface area (Å²) >= 11 is 0. The van der Waals surface area contributed by atoms with Crippen LogP contribution >= 0.6 is 0 Å². The molecule has 0 aliphatic carbocycles. The minimum Gasteiger partial charge on any atom is -1.00 e. The third-order valence-corrected chi connectivity index (χ3v) is 3.77. The van der Waals surface area contributed by atoms with Crippen molar-refractivity contribution in [3.8, 4) is 17.2 Å². The third-order valence-electron chi connectivity index (χ3n) is 3.77. The Kier molecular flexibility index (Phi) is 6.42. The Bertz CT molecular complexity index is 828. The van der Waals surface area contributed by atoms with Gasteiger partial charge in [0.15, 0.2) is 11.5 Å². The number of hydrogen-bond donors (Lipinski definition) is 1. The molecule has 24 heavy (non-hydrogen) atoms. The van der Waals surface area contributed by atoms with Gasteiger partial charge in [-0.1, -0.05) is 0 Å². The van der Waals surface area contributed by atoms with Crippen LogP contribution in [0.1, 0.15) is 17.0 Å².